The van der Waals surface area contributed by atoms with Gasteiger partial charge in [-0.25, -0.2) is 0 Å². The normalized spacial score (nSPS) is 20.7. The zero-order chi connectivity index (χ0) is 25.4. The first-order valence-corrected chi connectivity index (χ1v) is 26.5. The van der Waals surface area contributed by atoms with Crippen LogP contribution in [-0.2, 0) is 19.1 Å². The van der Waals surface area contributed by atoms with Gasteiger partial charge >= 0.3 is 207 Å². The number of benzene rings is 1. The maximum atomic E-state index is 13.1. The van der Waals surface area contributed by atoms with Gasteiger partial charge in [-0.2, -0.15) is 0 Å². The molecule has 0 amide bonds. The van der Waals surface area contributed by atoms with E-state index in [1.54, 1.807) is 13.8 Å². The Labute approximate surface area is 212 Å². The zero-order valence-corrected chi connectivity index (χ0v) is 26.1. The van der Waals surface area contributed by atoms with Gasteiger partial charge in [0.2, 0.25) is 0 Å². The summed E-state index contributed by atoms with van der Waals surface area (Å²) in [5, 5.41) is 1.44. The third-order valence-corrected chi connectivity index (χ3v) is 14.1. The number of hydrogen-bond donors (Lipinski definition) is 0. The van der Waals surface area contributed by atoms with E-state index in [2.05, 4.69) is 82.5 Å². The second-order valence-electron chi connectivity index (χ2n) is 11.3. The molecule has 0 spiro atoms. The summed E-state index contributed by atoms with van der Waals surface area (Å²) in [6.45, 7) is 8.86. The molecule has 1 fully saturated rings. The second-order valence-corrected chi connectivity index (χ2v) is 31.9. The van der Waals surface area contributed by atoms with Gasteiger partial charge in [-0.15, -0.1) is 0 Å². The van der Waals surface area contributed by atoms with E-state index in [0.29, 0.717) is 12.8 Å². The van der Waals surface area contributed by atoms with E-state index < -0.39 is 43.8 Å². The molecule has 0 unspecified atom stereocenters. The Bertz CT molecular complexity index is 852. The van der Waals surface area contributed by atoms with Gasteiger partial charge in [-0.1, -0.05) is 6.07 Å². The molecule has 0 radical (unpaired) electrons. The van der Waals surface area contributed by atoms with Crippen molar-refractivity contribution < 1.29 is 19.1 Å². The summed E-state index contributed by atoms with van der Waals surface area (Å²) < 4.78 is 11.9. The van der Waals surface area contributed by atoms with Gasteiger partial charge < -0.3 is 0 Å². The van der Waals surface area contributed by atoms with Crippen molar-refractivity contribution in [1.29, 1.82) is 0 Å². The fourth-order valence-electron chi connectivity index (χ4n) is 4.71. The third kappa shape index (κ3) is 7.84. The minimum absolute atomic E-state index is 0.112. The van der Waals surface area contributed by atoms with E-state index in [-0.39, 0.29) is 25.0 Å². The predicted molar refractivity (Wildman–Crippen MR) is 147 cm³/mol. The molecule has 0 aromatic heterocycles. The Morgan fingerprint density at radius 2 is 1.44 bits per heavy atom. The number of allylic oxidation sites excluding steroid dienone is 4. The summed E-state index contributed by atoms with van der Waals surface area (Å²) >= 11 is -1.95. The molecule has 1 aliphatic rings. The van der Waals surface area contributed by atoms with E-state index in [9.17, 15) is 9.59 Å². The van der Waals surface area contributed by atoms with E-state index in [1.807, 2.05) is 0 Å². The molecule has 2 atom stereocenters. The molecule has 1 aromatic carbocycles. The molecule has 0 heterocycles. The Balaban J connectivity index is 2.31. The monoisotopic (exact) mass is 592 g/mol. The molecule has 6 heteroatoms. The van der Waals surface area contributed by atoms with Crippen LogP contribution in [0.3, 0.4) is 0 Å². The number of carbonyl (C=O) groups excluding carboxylic acids is 2. The van der Waals surface area contributed by atoms with Crippen molar-refractivity contribution in [3.8, 4) is 0 Å². The fourth-order valence-corrected chi connectivity index (χ4v) is 9.17. The summed E-state index contributed by atoms with van der Waals surface area (Å²) in [6.07, 6.45) is 10.0. The molecule has 1 aromatic rings. The molecular formula is C28H44O4SiSn. The Kier molecular flexibility index (Phi) is 10.7. The van der Waals surface area contributed by atoms with Crippen LogP contribution in [0.15, 0.2) is 54.6 Å². The predicted octanol–water partition coefficient (Wildman–Crippen LogP) is 6.19. The van der Waals surface area contributed by atoms with Gasteiger partial charge in [-0.05, 0) is 0 Å². The first kappa shape index (κ1) is 28.9. The SMILES string of the molecule is CCOC(=O)C1(C(=O)OCC)C[C@H](/C=C/C[Si](C)(C)c2ccccc2)[C@@H](/C=C/[CH2][Sn]([CH3])([CH3])[CH3])C1. The first-order valence-electron chi connectivity index (χ1n) is 12.7. The number of esters is 2. The van der Waals surface area contributed by atoms with E-state index in [1.165, 1.54) is 5.19 Å². The van der Waals surface area contributed by atoms with Gasteiger partial charge in [0, 0.05) is 0 Å². The average Bonchev–Trinajstić information content (AvgIpc) is 3.13. The first-order chi connectivity index (χ1) is 15.9. The standard InChI is InChI=1S/C25H35O4Si.3CH3.Sn/c1-6-13-20-18-25(23(26)28-7-2,24(27)29-8-3)19-21(20)14-12-17-30(4,5)22-15-10-9-11-16-22;;;;/h6,9-16,20-21H,1,7-8,17-19H2,2-5H3;3*1H3;/b13-6+,14-12+;;;;/t20-,21-;;;;/m0..../s1. The number of rotatable bonds is 11. The van der Waals surface area contributed by atoms with Crippen LogP contribution in [0.25, 0.3) is 0 Å². The van der Waals surface area contributed by atoms with E-state index in [4.69, 9.17) is 9.47 Å². The summed E-state index contributed by atoms with van der Waals surface area (Å²) in [6, 6.07) is 11.8. The van der Waals surface area contributed by atoms with E-state index >= 15 is 0 Å². The van der Waals surface area contributed by atoms with Crippen LogP contribution < -0.4 is 5.19 Å². The topological polar surface area (TPSA) is 52.6 Å². The summed E-state index contributed by atoms with van der Waals surface area (Å²) in [7, 11) is -1.61. The molecule has 0 N–H and O–H groups in total. The van der Waals surface area contributed by atoms with Crippen molar-refractivity contribution in [3.63, 3.8) is 0 Å². The van der Waals surface area contributed by atoms with Crippen LogP contribution in [0.5, 0.6) is 0 Å². The molecular weight excluding hydrogens is 547 g/mol. The van der Waals surface area contributed by atoms with E-state index in [0.717, 1.165) is 10.5 Å². The molecule has 188 valence electrons. The molecule has 1 aliphatic carbocycles. The van der Waals surface area contributed by atoms with Crippen LogP contribution in [0.4, 0.5) is 0 Å². The number of hydrogen-bond acceptors (Lipinski definition) is 4. The van der Waals surface area contributed by atoms with Crippen LogP contribution in [0.1, 0.15) is 26.7 Å². The van der Waals surface area contributed by atoms with Gasteiger partial charge in [-0.3, -0.25) is 0 Å². The van der Waals surface area contributed by atoms with Crippen molar-refractivity contribution >= 4 is 43.6 Å². The zero-order valence-electron chi connectivity index (χ0n) is 22.2. The van der Waals surface area contributed by atoms with Gasteiger partial charge in [0.1, 0.15) is 0 Å². The van der Waals surface area contributed by atoms with Gasteiger partial charge in [0.25, 0.3) is 0 Å². The van der Waals surface area contributed by atoms with Crippen LogP contribution in [0.2, 0.25) is 38.4 Å². The molecule has 34 heavy (non-hydrogen) atoms. The van der Waals surface area contributed by atoms with Crippen LogP contribution in [-0.4, -0.2) is 51.6 Å². The Hall–Kier alpha value is -1.34. The van der Waals surface area contributed by atoms with Crippen molar-refractivity contribution in [2.75, 3.05) is 13.2 Å². The molecule has 0 aliphatic heterocycles. The van der Waals surface area contributed by atoms with Crippen molar-refractivity contribution in [3.05, 3.63) is 54.6 Å². The molecule has 0 bridgehead atoms. The molecule has 1 saturated carbocycles. The molecule has 0 saturated heterocycles. The van der Waals surface area contributed by atoms with Crippen molar-refractivity contribution in [2.45, 2.75) is 65.1 Å². The number of carbonyl (C=O) groups is 2. The molecule has 4 nitrogen and oxygen atoms in total. The van der Waals surface area contributed by atoms with Gasteiger partial charge in [0.15, 0.2) is 0 Å². The summed E-state index contributed by atoms with van der Waals surface area (Å²) in [5.74, 6) is -0.630. The van der Waals surface area contributed by atoms with Crippen LogP contribution in [0, 0.1) is 17.3 Å². The minimum atomic E-state index is -1.95. The van der Waals surface area contributed by atoms with Crippen molar-refractivity contribution in [2.24, 2.45) is 17.3 Å². The second kappa shape index (κ2) is 12.6. The quantitative estimate of drug-likeness (QED) is 0.133. The average molecular weight is 591 g/mol. The maximum absolute atomic E-state index is 13.1. The summed E-state index contributed by atoms with van der Waals surface area (Å²) in [5.41, 5.74) is -1.21. The van der Waals surface area contributed by atoms with Gasteiger partial charge in [0.05, 0.1) is 0 Å². The van der Waals surface area contributed by atoms with Crippen LogP contribution >= 0.6 is 0 Å². The Morgan fingerprint density at radius 1 is 0.941 bits per heavy atom. The van der Waals surface area contributed by atoms with Crippen molar-refractivity contribution in [1.82, 2.24) is 0 Å². The molecule has 2 rings (SSSR count). The summed E-state index contributed by atoms with van der Waals surface area (Å²) in [4.78, 5) is 33.4. The Morgan fingerprint density at radius 3 is 1.91 bits per heavy atom. The number of ether oxygens (including phenoxy) is 2. The third-order valence-electron chi connectivity index (χ3n) is 6.73. The fraction of sp³-hybridized carbons (Fsp3) is 0.571.